The molecular weight excluding hydrogens is 338 g/mol. The highest BCUT2D eigenvalue weighted by atomic mass is 32.2. The van der Waals surface area contributed by atoms with E-state index in [-0.39, 0.29) is 0 Å². The monoisotopic (exact) mass is 367 g/mol. The van der Waals surface area contributed by atoms with Crippen LogP contribution in [0.3, 0.4) is 0 Å². The molecule has 0 fully saturated rings. The van der Waals surface area contributed by atoms with Crippen LogP contribution in [0, 0.1) is 0 Å². The van der Waals surface area contributed by atoms with Crippen molar-refractivity contribution in [2.75, 3.05) is 31.2 Å². The molecule has 2 aromatic heterocycles. The van der Waals surface area contributed by atoms with Gasteiger partial charge >= 0.3 is 0 Å². The third-order valence-electron chi connectivity index (χ3n) is 3.96. The molecule has 0 aliphatic carbocycles. The number of fused-ring (bicyclic) bond motifs is 1. The number of ether oxygens (including phenoxy) is 1. The Kier molecular flexibility index (Phi) is 8.95. The number of nitrogens with two attached hydrogens (primary N) is 3. The van der Waals surface area contributed by atoms with Gasteiger partial charge in [-0.15, -0.1) is 0 Å². The second-order valence-corrected chi connectivity index (χ2v) is 7.30. The second-order valence-electron chi connectivity index (χ2n) is 5.89. The molecule has 0 aliphatic heterocycles. The molecule has 0 saturated carbocycles. The summed E-state index contributed by atoms with van der Waals surface area (Å²) >= 11 is 1.94. The van der Waals surface area contributed by atoms with Crippen molar-refractivity contribution in [3.63, 3.8) is 0 Å². The van der Waals surface area contributed by atoms with Gasteiger partial charge in [-0.05, 0) is 32.4 Å². The summed E-state index contributed by atoms with van der Waals surface area (Å²) in [5.74, 6) is 1.34. The van der Waals surface area contributed by atoms with Crippen LogP contribution in [0.2, 0.25) is 0 Å². The Morgan fingerprint density at radius 2 is 1.96 bits per heavy atom. The Bertz CT molecular complexity index is 622. The minimum Gasteiger partial charge on any atom is -0.382 e. The Morgan fingerprint density at radius 3 is 2.76 bits per heavy atom. The molecule has 0 aromatic carbocycles. The third kappa shape index (κ3) is 6.43. The zero-order chi connectivity index (χ0) is 17.9. The first-order chi connectivity index (χ1) is 12.3. The van der Waals surface area contributed by atoms with Gasteiger partial charge < -0.3 is 21.9 Å². The molecule has 0 radical (unpaired) electrons. The van der Waals surface area contributed by atoms with Crippen LogP contribution in [0.15, 0.2) is 12.7 Å². The molecule has 0 bridgehead atoms. The maximum atomic E-state index is 5.78. The topological polar surface area (TPSA) is 131 Å². The van der Waals surface area contributed by atoms with E-state index in [0.29, 0.717) is 35.6 Å². The molecule has 140 valence electrons. The molecule has 8 nitrogen and oxygen atoms in total. The molecule has 2 heterocycles. The number of rotatable bonds is 13. The maximum absolute atomic E-state index is 5.78. The molecule has 2 rings (SSSR count). The molecule has 0 aliphatic rings. The normalized spacial score (nSPS) is 12.7. The predicted octanol–water partition coefficient (Wildman–Crippen LogP) is 1.35. The van der Waals surface area contributed by atoms with Crippen LogP contribution in [0.5, 0.6) is 0 Å². The van der Waals surface area contributed by atoms with Gasteiger partial charge in [0.15, 0.2) is 11.5 Å². The quantitative estimate of drug-likeness (QED) is 0.452. The number of anilines is 1. The van der Waals surface area contributed by atoms with Gasteiger partial charge in [0.05, 0.1) is 12.9 Å². The van der Waals surface area contributed by atoms with Gasteiger partial charge in [0.25, 0.3) is 0 Å². The van der Waals surface area contributed by atoms with Gasteiger partial charge in [-0.25, -0.2) is 15.0 Å². The lowest BCUT2D eigenvalue weighted by Gasteiger charge is -2.15. The molecule has 0 saturated heterocycles. The number of aromatic nitrogens is 4. The summed E-state index contributed by atoms with van der Waals surface area (Å²) in [6.07, 6.45) is 8.90. The summed E-state index contributed by atoms with van der Waals surface area (Å²) in [6, 6.07) is 0. The van der Waals surface area contributed by atoms with Crippen LogP contribution < -0.4 is 17.2 Å². The molecule has 0 spiro atoms. The number of imidazole rings is 1. The molecule has 25 heavy (non-hydrogen) atoms. The summed E-state index contributed by atoms with van der Waals surface area (Å²) in [7, 11) is 0. The van der Waals surface area contributed by atoms with Gasteiger partial charge in [0, 0.05) is 11.0 Å². The molecule has 0 amide bonds. The number of nitrogens with zero attached hydrogens (tertiary/aromatic N) is 4. The lowest BCUT2D eigenvalue weighted by atomic mass is 10.1. The van der Waals surface area contributed by atoms with Gasteiger partial charge in [0.2, 0.25) is 0 Å². The maximum Gasteiger partial charge on any atom is 0.167 e. The Hall–Kier alpha value is -1.42. The number of nitrogen functional groups attached to an aromatic ring is 1. The largest absolute Gasteiger partial charge is 0.382 e. The SMILES string of the molecule is NCCCCCC(CCN)SCCOCn1cnc2c(N)ncnc21. The van der Waals surface area contributed by atoms with Crippen molar-refractivity contribution in [2.24, 2.45) is 11.5 Å². The van der Waals surface area contributed by atoms with Crippen LogP contribution in [-0.4, -0.2) is 50.2 Å². The van der Waals surface area contributed by atoms with E-state index in [2.05, 4.69) is 15.0 Å². The fraction of sp³-hybridized carbons (Fsp3) is 0.688. The fourth-order valence-corrected chi connectivity index (χ4v) is 3.80. The average molecular weight is 368 g/mol. The first kappa shape index (κ1) is 19.9. The van der Waals surface area contributed by atoms with E-state index in [1.165, 1.54) is 25.6 Å². The zero-order valence-corrected chi connectivity index (χ0v) is 15.5. The Labute approximate surface area is 152 Å². The van der Waals surface area contributed by atoms with E-state index in [1.807, 2.05) is 16.3 Å². The van der Waals surface area contributed by atoms with Crippen LogP contribution >= 0.6 is 11.8 Å². The zero-order valence-electron chi connectivity index (χ0n) is 14.6. The van der Waals surface area contributed by atoms with E-state index in [9.17, 15) is 0 Å². The van der Waals surface area contributed by atoms with Crippen molar-refractivity contribution < 1.29 is 4.74 Å². The van der Waals surface area contributed by atoms with E-state index in [0.717, 1.165) is 31.7 Å². The molecule has 6 N–H and O–H groups in total. The van der Waals surface area contributed by atoms with E-state index in [1.54, 1.807) is 6.33 Å². The molecule has 1 unspecified atom stereocenters. The smallest absolute Gasteiger partial charge is 0.167 e. The van der Waals surface area contributed by atoms with Crippen LogP contribution in [-0.2, 0) is 11.5 Å². The Morgan fingerprint density at radius 1 is 1.08 bits per heavy atom. The van der Waals surface area contributed by atoms with Crippen LogP contribution in [0.1, 0.15) is 32.1 Å². The van der Waals surface area contributed by atoms with Gasteiger partial charge in [0.1, 0.15) is 18.6 Å². The number of unbranched alkanes of at least 4 members (excludes halogenated alkanes) is 2. The summed E-state index contributed by atoms with van der Waals surface area (Å²) in [6.45, 7) is 2.60. The minimum absolute atomic E-state index is 0.388. The molecular formula is C16H29N7OS. The van der Waals surface area contributed by atoms with Crippen molar-refractivity contribution >= 4 is 28.7 Å². The predicted molar refractivity (Wildman–Crippen MR) is 103 cm³/mol. The third-order valence-corrected chi connectivity index (χ3v) is 5.31. The highest BCUT2D eigenvalue weighted by Crippen LogP contribution is 2.21. The molecule has 1 atom stereocenters. The lowest BCUT2D eigenvalue weighted by Crippen LogP contribution is -2.13. The Balaban J connectivity index is 1.68. The van der Waals surface area contributed by atoms with Crippen LogP contribution in [0.4, 0.5) is 5.82 Å². The van der Waals surface area contributed by atoms with E-state index >= 15 is 0 Å². The van der Waals surface area contributed by atoms with Gasteiger partial charge in [-0.3, -0.25) is 4.57 Å². The molecule has 9 heteroatoms. The van der Waals surface area contributed by atoms with E-state index in [4.69, 9.17) is 21.9 Å². The lowest BCUT2D eigenvalue weighted by molar-refractivity contribution is 0.0921. The van der Waals surface area contributed by atoms with Crippen molar-refractivity contribution in [3.05, 3.63) is 12.7 Å². The van der Waals surface area contributed by atoms with Crippen molar-refractivity contribution in [2.45, 2.75) is 44.1 Å². The fourth-order valence-electron chi connectivity index (χ4n) is 2.62. The summed E-state index contributed by atoms with van der Waals surface area (Å²) in [5.41, 5.74) is 18.3. The van der Waals surface area contributed by atoms with Crippen molar-refractivity contribution in [3.8, 4) is 0 Å². The highest BCUT2D eigenvalue weighted by molar-refractivity contribution is 7.99. The standard InChI is InChI=1S/C16H29N7OS/c17-6-3-1-2-4-13(5-7-18)25-9-8-24-12-23-11-22-14-15(19)20-10-21-16(14)23/h10-11,13H,1-9,12,17-18H2,(H2,19,20,21). The second kappa shape index (κ2) is 11.2. The van der Waals surface area contributed by atoms with Gasteiger partial charge in [-0.2, -0.15) is 11.8 Å². The summed E-state index contributed by atoms with van der Waals surface area (Å²) in [5, 5.41) is 0.605. The minimum atomic E-state index is 0.388. The number of hydrogen-bond acceptors (Lipinski definition) is 8. The van der Waals surface area contributed by atoms with E-state index < -0.39 is 0 Å². The average Bonchev–Trinajstić information content (AvgIpc) is 3.03. The highest BCUT2D eigenvalue weighted by Gasteiger charge is 2.09. The van der Waals surface area contributed by atoms with Gasteiger partial charge in [-0.1, -0.05) is 12.8 Å². The van der Waals surface area contributed by atoms with Crippen LogP contribution in [0.25, 0.3) is 11.2 Å². The number of thioether (sulfide) groups is 1. The molecule has 2 aromatic rings. The first-order valence-corrected chi connectivity index (χ1v) is 9.82. The summed E-state index contributed by atoms with van der Waals surface area (Å²) in [4.78, 5) is 12.4. The number of hydrogen-bond donors (Lipinski definition) is 3. The van der Waals surface area contributed by atoms with Crippen molar-refractivity contribution in [1.29, 1.82) is 0 Å². The summed E-state index contributed by atoms with van der Waals surface area (Å²) < 4.78 is 7.59. The first-order valence-electron chi connectivity index (χ1n) is 8.77. The van der Waals surface area contributed by atoms with Crippen molar-refractivity contribution in [1.82, 2.24) is 19.5 Å².